The van der Waals surface area contributed by atoms with Crippen molar-refractivity contribution in [3.8, 4) is 0 Å². The largest absolute Gasteiger partial charge is 0.363 e. The predicted molar refractivity (Wildman–Crippen MR) is 76.9 cm³/mol. The summed E-state index contributed by atoms with van der Waals surface area (Å²) < 4.78 is 1.68. The second-order valence-electron chi connectivity index (χ2n) is 4.41. The summed E-state index contributed by atoms with van der Waals surface area (Å²) in [5.41, 5.74) is 1.15. The van der Waals surface area contributed by atoms with Crippen LogP contribution in [0.4, 0.5) is 11.5 Å². The van der Waals surface area contributed by atoms with Crippen molar-refractivity contribution in [2.75, 3.05) is 24.3 Å². The Kier molecular flexibility index (Phi) is 3.76. The average molecular weight is 279 g/mol. The van der Waals surface area contributed by atoms with Crippen molar-refractivity contribution in [1.82, 2.24) is 9.55 Å². The lowest BCUT2D eigenvalue weighted by molar-refractivity contribution is 0.101. The Bertz CT molecular complexity index is 589. The molecule has 0 atom stereocenters. The van der Waals surface area contributed by atoms with Gasteiger partial charge in [0.15, 0.2) is 0 Å². The molecule has 0 bridgehead atoms. The van der Waals surface area contributed by atoms with Gasteiger partial charge in [0.2, 0.25) is 0 Å². The smallest absolute Gasteiger partial charge is 0.272 e. The number of anilines is 2. The molecule has 5 nitrogen and oxygen atoms in total. The van der Waals surface area contributed by atoms with E-state index in [1.54, 1.807) is 30.1 Å². The third kappa shape index (κ3) is 3.06. The summed E-state index contributed by atoms with van der Waals surface area (Å²) in [5, 5.41) is 3.31. The molecule has 0 aromatic carbocycles. The summed E-state index contributed by atoms with van der Waals surface area (Å²) in [6, 6.07) is 5.27. The van der Waals surface area contributed by atoms with Crippen molar-refractivity contribution in [3.63, 3.8) is 0 Å². The molecule has 2 heterocycles. The Labute approximate surface area is 116 Å². The summed E-state index contributed by atoms with van der Waals surface area (Å²) in [4.78, 5) is 18.2. The SMILES string of the molecule is CN(C)c1ccc(NC(=O)c2cc(Cl)cn2C)cn1. The molecule has 2 rings (SSSR count). The van der Waals surface area contributed by atoms with Crippen LogP contribution >= 0.6 is 11.6 Å². The molecule has 0 aliphatic carbocycles. The summed E-state index contributed by atoms with van der Waals surface area (Å²) in [5.74, 6) is 0.619. The highest BCUT2D eigenvalue weighted by Crippen LogP contribution is 2.16. The Hall–Kier alpha value is -2.01. The second kappa shape index (κ2) is 5.32. The molecular formula is C13H15ClN4O. The number of amides is 1. The van der Waals surface area contributed by atoms with Crippen molar-refractivity contribution < 1.29 is 4.79 Å². The fourth-order valence-corrected chi connectivity index (χ4v) is 1.92. The Balaban J connectivity index is 2.13. The lowest BCUT2D eigenvalue weighted by Gasteiger charge is -2.11. The molecule has 1 N–H and O–H groups in total. The molecule has 0 saturated carbocycles. The van der Waals surface area contributed by atoms with Crippen LogP contribution in [-0.2, 0) is 7.05 Å². The zero-order chi connectivity index (χ0) is 14.0. The molecule has 0 radical (unpaired) electrons. The number of carbonyl (C=O) groups excluding carboxylic acids is 1. The Morgan fingerprint density at radius 1 is 1.42 bits per heavy atom. The van der Waals surface area contributed by atoms with Crippen molar-refractivity contribution >= 4 is 29.0 Å². The number of hydrogen-bond acceptors (Lipinski definition) is 3. The minimum atomic E-state index is -0.214. The Morgan fingerprint density at radius 2 is 2.16 bits per heavy atom. The number of carbonyl (C=O) groups is 1. The van der Waals surface area contributed by atoms with Gasteiger partial charge in [-0.05, 0) is 18.2 Å². The molecule has 1 amide bonds. The van der Waals surface area contributed by atoms with E-state index in [4.69, 9.17) is 11.6 Å². The average Bonchev–Trinajstić information content (AvgIpc) is 2.69. The molecule has 0 unspecified atom stereocenters. The van der Waals surface area contributed by atoms with E-state index >= 15 is 0 Å². The molecule has 0 aliphatic rings. The molecular weight excluding hydrogens is 264 g/mol. The quantitative estimate of drug-likeness (QED) is 0.938. The number of halogens is 1. The highest BCUT2D eigenvalue weighted by Gasteiger charge is 2.11. The van der Waals surface area contributed by atoms with Crippen molar-refractivity contribution in [3.05, 3.63) is 41.3 Å². The highest BCUT2D eigenvalue weighted by molar-refractivity contribution is 6.31. The van der Waals surface area contributed by atoms with Crippen LogP contribution in [0.2, 0.25) is 5.02 Å². The van der Waals surface area contributed by atoms with Crippen LogP contribution in [0.5, 0.6) is 0 Å². The monoisotopic (exact) mass is 278 g/mol. The van der Waals surface area contributed by atoms with Gasteiger partial charge < -0.3 is 14.8 Å². The minimum Gasteiger partial charge on any atom is -0.363 e. The van der Waals surface area contributed by atoms with E-state index in [2.05, 4.69) is 10.3 Å². The maximum Gasteiger partial charge on any atom is 0.272 e. The maximum absolute atomic E-state index is 12.0. The van der Waals surface area contributed by atoms with Gasteiger partial charge in [-0.25, -0.2) is 4.98 Å². The van der Waals surface area contributed by atoms with Crippen LogP contribution in [0.1, 0.15) is 10.5 Å². The predicted octanol–water partition coefficient (Wildman–Crippen LogP) is 2.39. The molecule has 2 aromatic rings. The lowest BCUT2D eigenvalue weighted by atomic mass is 10.3. The number of pyridine rings is 1. The Morgan fingerprint density at radius 3 is 2.63 bits per heavy atom. The van der Waals surface area contributed by atoms with Gasteiger partial charge in [0.25, 0.3) is 5.91 Å². The fourth-order valence-electron chi connectivity index (χ4n) is 1.67. The normalized spacial score (nSPS) is 10.3. The second-order valence-corrected chi connectivity index (χ2v) is 4.84. The van der Waals surface area contributed by atoms with Gasteiger partial charge >= 0.3 is 0 Å². The molecule has 19 heavy (non-hydrogen) atoms. The number of nitrogens with zero attached hydrogens (tertiary/aromatic N) is 3. The fraction of sp³-hybridized carbons (Fsp3) is 0.231. The third-order valence-electron chi connectivity index (χ3n) is 2.67. The number of aryl methyl sites for hydroxylation is 1. The van der Waals surface area contributed by atoms with E-state index in [1.165, 1.54) is 0 Å². The van der Waals surface area contributed by atoms with E-state index in [9.17, 15) is 4.79 Å². The molecule has 0 aliphatic heterocycles. The zero-order valence-electron chi connectivity index (χ0n) is 11.0. The standard InChI is InChI=1S/C13H15ClN4O/c1-17(2)12-5-4-10(7-15-12)16-13(19)11-6-9(14)8-18(11)3/h4-8H,1-3H3,(H,16,19). The first kappa shape index (κ1) is 13.4. The van der Waals surface area contributed by atoms with Crippen LogP contribution in [-0.4, -0.2) is 29.6 Å². The van der Waals surface area contributed by atoms with Crippen LogP contribution in [0.25, 0.3) is 0 Å². The number of nitrogens with one attached hydrogen (secondary N) is 1. The number of rotatable bonds is 3. The van der Waals surface area contributed by atoms with E-state index in [0.717, 1.165) is 5.82 Å². The van der Waals surface area contributed by atoms with Gasteiger partial charge in [0.05, 0.1) is 16.9 Å². The van der Waals surface area contributed by atoms with Gasteiger partial charge in [0, 0.05) is 27.3 Å². The minimum absolute atomic E-state index is 0.214. The van der Waals surface area contributed by atoms with Crippen LogP contribution in [0.15, 0.2) is 30.6 Å². The van der Waals surface area contributed by atoms with E-state index < -0.39 is 0 Å². The molecule has 0 spiro atoms. The van der Waals surface area contributed by atoms with Crippen molar-refractivity contribution in [2.45, 2.75) is 0 Å². The first-order chi connectivity index (χ1) is 8.97. The van der Waals surface area contributed by atoms with Gasteiger partial charge in [-0.15, -0.1) is 0 Å². The van der Waals surface area contributed by atoms with Gasteiger partial charge in [-0.2, -0.15) is 0 Å². The lowest BCUT2D eigenvalue weighted by Crippen LogP contribution is -2.16. The first-order valence-corrected chi connectivity index (χ1v) is 6.12. The summed E-state index contributed by atoms with van der Waals surface area (Å²) in [6.07, 6.45) is 3.31. The first-order valence-electron chi connectivity index (χ1n) is 5.74. The molecule has 100 valence electrons. The van der Waals surface area contributed by atoms with Crippen LogP contribution in [0.3, 0.4) is 0 Å². The zero-order valence-corrected chi connectivity index (χ0v) is 11.8. The summed E-state index contributed by atoms with van der Waals surface area (Å²) in [6.45, 7) is 0. The molecule has 2 aromatic heterocycles. The van der Waals surface area contributed by atoms with Crippen LogP contribution in [0, 0.1) is 0 Å². The van der Waals surface area contributed by atoms with Crippen LogP contribution < -0.4 is 10.2 Å². The maximum atomic E-state index is 12.0. The molecule has 0 fully saturated rings. The van der Waals surface area contributed by atoms with Gasteiger partial charge in [0.1, 0.15) is 11.5 Å². The highest BCUT2D eigenvalue weighted by atomic mass is 35.5. The van der Waals surface area contributed by atoms with E-state index in [0.29, 0.717) is 16.4 Å². The van der Waals surface area contributed by atoms with Crippen molar-refractivity contribution in [1.29, 1.82) is 0 Å². The third-order valence-corrected chi connectivity index (χ3v) is 2.87. The van der Waals surface area contributed by atoms with E-state index in [1.807, 2.05) is 31.1 Å². The van der Waals surface area contributed by atoms with Gasteiger partial charge in [-0.3, -0.25) is 4.79 Å². The van der Waals surface area contributed by atoms with E-state index in [-0.39, 0.29) is 5.91 Å². The number of hydrogen-bond donors (Lipinski definition) is 1. The molecule has 6 heteroatoms. The summed E-state index contributed by atoms with van der Waals surface area (Å²) >= 11 is 5.85. The number of aromatic nitrogens is 2. The summed E-state index contributed by atoms with van der Waals surface area (Å²) in [7, 11) is 5.59. The topological polar surface area (TPSA) is 50.2 Å². The van der Waals surface area contributed by atoms with Gasteiger partial charge in [-0.1, -0.05) is 11.6 Å². The van der Waals surface area contributed by atoms with Crippen molar-refractivity contribution in [2.24, 2.45) is 7.05 Å². The molecule has 0 saturated heterocycles.